The monoisotopic (exact) mass is 226 g/mol. The molecule has 0 atom stereocenters. The van der Waals surface area contributed by atoms with Crippen molar-refractivity contribution in [3.63, 3.8) is 0 Å². The van der Waals surface area contributed by atoms with Gasteiger partial charge in [-0.3, -0.25) is 4.79 Å². The van der Waals surface area contributed by atoms with E-state index in [9.17, 15) is 4.79 Å². The minimum atomic E-state index is -0.518. The Bertz CT molecular complexity index is 545. The molecule has 0 heterocycles. The number of nitrogens with zero attached hydrogens (tertiary/aromatic N) is 2. The molecule has 1 rings (SSSR count). The standard InChI is InChI=1S/C12H10N4O/c1-8-10(12(15)17)3-2-4-11(8)16-7-9(5-13)6-14/h2-4,7,16H,1H3,(H2,15,17). The van der Waals surface area contributed by atoms with Gasteiger partial charge in [0.1, 0.15) is 17.7 Å². The molecule has 0 unspecified atom stereocenters. The average Bonchev–Trinajstić information content (AvgIpc) is 2.32. The highest BCUT2D eigenvalue weighted by Gasteiger charge is 2.07. The summed E-state index contributed by atoms with van der Waals surface area (Å²) in [6.07, 6.45) is 1.28. The van der Waals surface area contributed by atoms with Crippen LogP contribution in [0.1, 0.15) is 15.9 Å². The van der Waals surface area contributed by atoms with E-state index in [1.807, 2.05) is 0 Å². The Morgan fingerprint density at radius 3 is 2.59 bits per heavy atom. The van der Waals surface area contributed by atoms with Crippen LogP contribution in [-0.4, -0.2) is 5.91 Å². The van der Waals surface area contributed by atoms with Gasteiger partial charge in [-0.1, -0.05) is 6.07 Å². The van der Waals surface area contributed by atoms with Gasteiger partial charge in [-0.05, 0) is 24.6 Å². The first-order valence-corrected chi connectivity index (χ1v) is 4.76. The number of nitriles is 2. The smallest absolute Gasteiger partial charge is 0.249 e. The van der Waals surface area contributed by atoms with Crippen LogP contribution in [0.5, 0.6) is 0 Å². The molecule has 0 aromatic heterocycles. The van der Waals surface area contributed by atoms with Gasteiger partial charge in [0.15, 0.2) is 0 Å². The lowest BCUT2D eigenvalue weighted by Gasteiger charge is -2.08. The molecule has 0 aliphatic carbocycles. The molecule has 5 nitrogen and oxygen atoms in total. The van der Waals surface area contributed by atoms with Crippen molar-refractivity contribution < 1.29 is 4.79 Å². The number of benzene rings is 1. The van der Waals surface area contributed by atoms with Crippen LogP contribution in [0.25, 0.3) is 0 Å². The van der Waals surface area contributed by atoms with Crippen LogP contribution >= 0.6 is 0 Å². The minimum Gasteiger partial charge on any atom is -0.366 e. The SMILES string of the molecule is Cc1c(NC=C(C#N)C#N)cccc1C(N)=O. The lowest BCUT2D eigenvalue weighted by molar-refractivity contribution is 0.1000. The fraction of sp³-hybridized carbons (Fsp3) is 0.0833. The Hall–Kier alpha value is -2.79. The van der Waals surface area contributed by atoms with E-state index in [0.29, 0.717) is 16.8 Å². The summed E-state index contributed by atoms with van der Waals surface area (Å²) in [6.45, 7) is 1.73. The van der Waals surface area contributed by atoms with Gasteiger partial charge in [0.2, 0.25) is 5.91 Å². The van der Waals surface area contributed by atoms with Gasteiger partial charge >= 0.3 is 0 Å². The summed E-state index contributed by atoms with van der Waals surface area (Å²) in [4.78, 5) is 11.1. The fourth-order valence-electron chi connectivity index (χ4n) is 1.30. The third-order valence-corrected chi connectivity index (χ3v) is 2.21. The summed E-state index contributed by atoms with van der Waals surface area (Å²) < 4.78 is 0. The zero-order valence-electron chi connectivity index (χ0n) is 9.19. The van der Waals surface area contributed by atoms with Crippen molar-refractivity contribution in [3.8, 4) is 12.1 Å². The van der Waals surface area contributed by atoms with E-state index >= 15 is 0 Å². The number of carbonyl (C=O) groups excluding carboxylic acids is 1. The normalized spacial score (nSPS) is 8.65. The predicted octanol–water partition coefficient (Wildman–Crippen LogP) is 1.44. The van der Waals surface area contributed by atoms with Gasteiger partial charge in [-0.25, -0.2) is 0 Å². The molecular formula is C12H10N4O. The van der Waals surface area contributed by atoms with E-state index in [4.69, 9.17) is 16.3 Å². The second kappa shape index (κ2) is 5.34. The van der Waals surface area contributed by atoms with E-state index in [-0.39, 0.29) is 5.57 Å². The van der Waals surface area contributed by atoms with Gasteiger partial charge in [0, 0.05) is 17.5 Å². The second-order valence-electron chi connectivity index (χ2n) is 3.27. The quantitative estimate of drug-likeness (QED) is 0.761. The number of amides is 1. The van der Waals surface area contributed by atoms with Crippen LogP contribution < -0.4 is 11.1 Å². The number of rotatable bonds is 3. The van der Waals surface area contributed by atoms with Crippen molar-refractivity contribution in [2.24, 2.45) is 5.73 Å². The second-order valence-corrected chi connectivity index (χ2v) is 3.27. The highest BCUT2D eigenvalue weighted by Crippen LogP contribution is 2.18. The molecule has 0 spiro atoms. The fourth-order valence-corrected chi connectivity index (χ4v) is 1.30. The van der Waals surface area contributed by atoms with Crippen molar-refractivity contribution in [2.75, 3.05) is 5.32 Å². The third kappa shape index (κ3) is 2.83. The maximum Gasteiger partial charge on any atom is 0.249 e. The molecule has 0 saturated heterocycles. The van der Waals surface area contributed by atoms with Gasteiger partial charge < -0.3 is 11.1 Å². The molecule has 1 aromatic carbocycles. The van der Waals surface area contributed by atoms with E-state index in [1.165, 1.54) is 6.20 Å². The van der Waals surface area contributed by atoms with Crippen molar-refractivity contribution in [1.29, 1.82) is 10.5 Å². The van der Waals surface area contributed by atoms with Crippen molar-refractivity contribution in [1.82, 2.24) is 0 Å². The van der Waals surface area contributed by atoms with Crippen molar-refractivity contribution in [2.45, 2.75) is 6.92 Å². The summed E-state index contributed by atoms with van der Waals surface area (Å²) in [7, 11) is 0. The third-order valence-electron chi connectivity index (χ3n) is 2.21. The molecule has 5 heteroatoms. The number of allylic oxidation sites excluding steroid dienone is 1. The highest BCUT2D eigenvalue weighted by molar-refractivity contribution is 5.95. The predicted molar refractivity (Wildman–Crippen MR) is 62.6 cm³/mol. The summed E-state index contributed by atoms with van der Waals surface area (Å²) in [5.41, 5.74) is 6.86. The topological polar surface area (TPSA) is 103 Å². The zero-order chi connectivity index (χ0) is 12.8. The first-order chi connectivity index (χ1) is 8.10. The Labute approximate surface area is 98.8 Å². The van der Waals surface area contributed by atoms with Crippen LogP contribution in [0.3, 0.4) is 0 Å². The Balaban J connectivity index is 3.07. The number of nitrogens with one attached hydrogen (secondary N) is 1. The first kappa shape index (κ1) is 12.3. The Morgan fingerprint density at radius 1 is 1.41 bits per heavy atom. The van der Waals surface area contributed by atoms with Crippen LogP contribution in [0.4, 0.5) is 5.69 Å². The summed E-state index contributed by atoms with van der Waals surface area (Å²) >= 11 is 0. The van der Waals surface area contributed by atoms with E-state index in [1.54, 1.807) is 37.3 Å². The minimum absolute atomic E-state index is 0.0473. The van der Waals surface area contributed by atoms with Gasteiger partial charge in [-0.2, -0.15) is 10.5 Å². The summed E-state index contributed by atoms with van der Waals surface area (Å²) in [5.74, 6) is -0.518. The average molecular weight is 226 g/mol. The molecule has 3 N–H and O–H groups in total. The van der Waals surface area contributed by atoms with E-state index in [2.05, 4.69) is 5.32 Å². The number of primary amides is 1. The molecule has 0 saturated carbocycles. The molecule has 0 aliphatic rings. The largest absolute Gasteiger partial charge is 0.366 e. The summed E-state index contributed by atoms with van der Waals surface area (Å²) in [5, 5.41) is 19.9. The number of anilines is 1. The maximum absolute atomic E-state index is 11.1. The molecule has 0 bridgehead atoms. The molecule has 0 fully saturated rings. The van der Waals surface area contributed by atoms with Crippen LogP contribution in [0.2, 0.25) is 0 Å². The zero-order valence-corrected chi connectivity index (χ0v) is 9.19. The number of hydrogen-bond donors (Lipinski definition) is 2. The number of carbonyl (C=O) groups is 1. The first-order valence-electron chi connectivity index (χ1n) is 4.76. The van der Waals surface area contributed by atoms with Crippen LogP contribution in [0, 0.1) is 29.6 Å². The molecule has 0 radical (unpaired) electrons. The maximum atomic E-state index is 11.1. The molecular weight excluding hydrogens is 216 g/mol. The van der Waals surface area contributed by atoms with Gasteiger partial charge in [0.05, 0.1) is 0 Å². The summed E-state index contributed by atoms with van der Waals surface area (Å²) in [6, 6.07) is 8.46. The number of hydrogen-bond acceptors (Lipinski definition) is 4. The Morgan fingerprint density at radius 2 is 2.06 bits per heavy atom. The van der Waals surface area contributed by atoms with Gasteiger partial charge in [0.25, 0.3) is 0 Å². The lowest BCUT2D eigenvalue weighted by atomic mass is 10.1. The van der Waals surface area contributed by atoms with E-state index < -0.39 is 5.91 Å². The lowest BCUT2D eigenvalue weighted by Crippen LogP contribution is -2.13. The Kier molecular flexibility index (Phi) is 3.86. The molecule has 1 amide bonds. The molecule has 0 aliphatic heterocycles. The van der Waals surface area contributed by atoms with Gasteiger partial charge in [-0.15, -0.1) is 0 Å². The molecule has 17 heavy (non-hydrogen) atoms. The van der Waals surface area contributed by atoms with Crippen LogP contribution in [-0.2, 0) is 0 Å². The number of nitrogens with two attached hydrogens (primary N) is 1. The van der Waals surface area contributed by atoms with Crippen LogP contribution in [0.15, 0.2) is 30.0 Å². The van der Waals surface area contributed by atoms with E-state index in [0.717, 1.165) is 0 Å². The molecule has 1 aromatic rings. The van der Waals surface area contributed by atoms with Crippen molar-refractivity contribution >= 4 is 11.6 Å². The van der Waals surface area contributed by atoms with Crippen molar-refractivity contribution in [3.05, 3.63) is 41.1 Å². The molecule has 84 valence electrons. The highest BCUT2D eigenvalue weighted by atomic mass is 16.1.